The molecule has 2 heteroatoms. The average Bonchev–Trinajstić information content (AvgIpc) is 2.64. The van der Waals surface area contributed by atoms with Crippen LogP contribution in [0.3, 0.4) is 0 Å². The maximum absolute atomic E-state index is 12.1. The quantitative estimate of drug-likeness (QED) is 0.339. The van der Waals surface area contributed by atoms with Crippen LogP contribution < -0.4 is 0 Å². The van der Waals surface area contributed by atoms with Gasteiger partial charge in [0.05, 0.1) is 0 Å². The van der Waals surface area contributed by atoms with Crippen molar-refractivity contribution in [2.45, 2.75) is 52.4 Å². The SMILES string of the molecule is CC(C)(C)c1ccc(C=CC(=O)C=C(O)C=Cc2ccc(C(C)(C)C)cc2)cc1. The van der Waals surface area contributed by atoms with Gasteiger partial charge in [-0.2, -0.15) is 0 Å². The van der Waals surface area contributed by atoms with Crippen LogP contribution in [0.5, 0.6) is 0 Å². The molecule has 0 saturated heterocycles. The number of ketones is 1. The van der Waals surface area contributed by atoms with Crippen LogP contribution in [0.25, 0.3) is 12.2 Å². The zero-order valence-corrected chi connectivity index (χ0v) is 18.4. The van der Waals surface area contributed by atoms with Crippen LogP contribution in [0, 0.1) is 0 Å². The molecular weight excluding hydrogens is 356 g/mol. The summed E-state index contributed by atoms with van der Waals surface area (Å²) in [5, 5.41) is 10.0. The van der Waals surface area contributed by atoms with Gasteiger partial charge in [0, 0.05) is 6.08 Å². The first-order chi connectivity index (χ1) is 13.4. The number of carbonyl (C=O) groups is 1. The minimum atomic E-state index is -0.255. The maximum Gasteiger partial charge on any atom is 0.182 e. The smallest absolute Gasteiger partial charge is 0.182 e. The van der Waals surface area contributed by atoms with Gasteiger partial charge in [-0.05, 0) is 45.2 Å². The van der Waals surface area contributed by atoms with Crippen molar-refractivity contribution in [1.29, 1.82) is 0 Å². The maximum atomic E-state index is 12.1. The Balaban J connectivity index is 1.99. The van der Waals surface area contributed by atoms with Crippen molar-refractivity contribution in [2.24, 2.45) is 0 Å². The predicted octanol–water partition coefficient (Wildman–Crippen LogP) is 7.02. The standard InChI is InChI=1S/C27H32O2/c1-26(2,3)22-13-7-20(8-14-22)11-17-24(28)19-25(29)18-12-21-9-15-23(16-10-21)27(4,5)6/h7-19,28H,1-6H3. The molecule has 0 atom stereocenters. The first-order valence-electron chi connectivity index (χ1n) is 9.97. The van der Waals surface area contributed by atoms with Crippen molar-refractivity contribution in [1.82, 2.24) is 0 Å². The summed E-state index contributed by atoms with van der Waals surface area (Å²) in [4.78, 5) is 12.1. The molecule has 2 aromatic carbocycles. The number of hydrogen-bond acceptors (Lipinski definition) is 2. The lowest BCUT2D eigenvalue weighted by atomic mass is 9.87. The minimum absolute atomic E-state index is 0.0670. The van der Waals surface area contributed by atoms with Crippen molar-refractivity contribution in [3.05, 3.63) is 94.8 Å². The van der Waals surface area contributed by atoms with Gasteiger partial charge in [-0.1, -0.05) is 102 Å². The molecule has 0 radical (unpaired) electrons. The van der Waals surface area contributed by atoms with E-state index in [0.29, 0.717) is 0 Å². The Kier molecular flexibility index (Phi) is 7.02. The Hall–Kier alpha value is -2.87. The normalized spacial score (nSPS) is 13.4. The predicted molar refractivity (Wildman–Crippen MR) is 124 cm³/mol. The molecule has 0 saturated carbocycles. The number of allylic oxidation sites excluding steroid dienone is 3. The summed E-state index contributed by atoms with van der Waals surface area (Å²) in [7, 11) is 0. The topological polar surface area (TPSA) is 37.3 Å². The fourth-order valence-electron chi connectivity index (χ4n) is 2.79. The fraction of sp³-hybridized carbons (Fsp3) is 0.296. The van der Waals surface area contributed by atoms with Gasteiger partial charge in [-0.15, -0.1) is 0 Å². The first kappa shape index (κ1) is 22.4. The summed E-state index contributed by atoms with van der Waals surface area (Å²) in [5.74, 6) is -0.322. The van der Waals surface area contributed by atoms with E-state index >= 15 is 0 Å². The van der Waals surface area contributed by atoms with Crippen molar-refractivity contribution in [2.75, 3.05) is 0 Å². The van der Waals surface area contributed by atoms with E-state index in [1.165, 1.54) is 29.4 Å². The third kappa shape index (κ3) is 7.23. The summed E-state index contributed by atoms with van der Waals surface area (Å²) >= 11 is 0. The Labute approximate surface area is 175 Å². The van der Waals surface area contributed by atoms with E-state index in [-0.39, 0.29) is 22.4 Å². The number of aliphatic hydroxyl groups excluding tert-OH is 1. The van der Waals surface area contributed by atoms with Crippen LogP contribution in [0.1, 0.15) is 63.8 Å². The molecule has 0 aliphatic carbocycles. The second-order valence-corrected chi connectivity index (χ2v) is 9.38. The van der Waals surface area contributed by atoms with Crippen LogP contribution in [0.2, 0.25) is 0 Å². The molecule has 0 aromatic heterocycles. The highest BCUT2D eigenvalue weighted by Gasteiger charge is 2.13. The number of hydrogen-bond donors (Lipinski definition) is 1. The van der Waals surface area contributed by atoms with E-state index in [0.717, 1.165) is 11.1 Å². The van der Waals surface area contributed by atoms with Gasteiger partial charge in [0.15, 0.2) is 5.78 Å². The highest BCUT2D eigenvalue weighted by molar-refractivity contribution is 6.02. The van der Waals surface area contributed by atoms with Gasteiger partial charge < -0.3 is 5.11 Å². The Morgan fingerprint density at radius 1 is 0.690 bits per heavy atom. The molecule has 0 heterocycles. The van der Waals surface area contributed by atoms with Gasteiger partial charge >= 0.3 is 0 Å². The highest BCUT2D eigenvalue weighted by atomic mass is 16.3. The van der Waals surface area contributed by atoms with E-state index in [2.05, 4.69) is 65.8 Å². The number of rotatable bonds is 5. The molecule has 0 aliphatic rings. The second kappa shape index (κ2) is 9.09. The molecule has 0 aliphatic heterocycles. The Bertz CT molecular complexity index is 910. The molecule has 0 fully saturated rings. The molecule has 0 amide bonds. The van der Waals surface area contributed by atoms with E-state index < -0.39 is 0 Å². The second-order valence-electron chi connectivity index (χ2n) is 9.38. The monoisotopic (exact) mass is 388 g/mol. The lowest BCUT2D eigenvalue weighted by molar-refractivity contribution is -0.110. The van der Waals surface area contributed by atoms with Crippen LogP contribution in [-0.2, 0) is 15.6 Å². The Morgan fingerprint density at radius 2 is 1.07 bits per heavy atom. The van der Waals surface area contributed by atoms with E-state index in [4.69, 9.17) is 0 Å². The summed E-state index contributed by atoms with van der Waals surface area (Å²) in [6.07, 6.45) is 7.78. The summed E-state index contributed by atoms with van der Waals surface area (Å²) in [6, 6.07) is 16.3. The molecule has 29 heavy (non-hydrogen) atoms. The molecule has 0 spiro atoms. The largest absolute Gasteiger partial charge is 0.508 e. The van der Waals surface area contributed by atoms with Crippen molar-refractivity contribution in [3.63, 3.8) is 0 Å². The third-order valence-electron chi connectivity index (χ3n) is 4.73. The zero-order valence-electron chi connectivity index (χ0n) is 18.4. The van der Waals surface area contributed by atoms with E-state index in [1.807, 2.05) is 24.3 Å². The van der Waals surface area contributed by atoms with Crippen LogP contribution in [0.15, 0.2) is 72.5 Å². The number of carbonyl (C=O) groups excluding carboxylic acids is 1. The lowest BCUT2D eigenvalue weighted by Crippen LogP contribution is -2.10. The van der Waals surface area contributed by atoms with Gasteiger partial charge in [-0.25, -0.2) is 0 Å². The van der Waals surface area contributed by atoms with E-state index in [1.54, 1.807) is 12.2 Å². The van der Waals surface area contributed by atoms with Crippen molar-refractivity contribution < 1.29 is 9.90 Å². The number of benzene rings is 2. The lowest BCUT2D eigenvalue weighted by Gasteiger charge is -2.18. The van der Waals surface area contributed by atoms with Crippen molar-refractivity contribution in [3.8, 4) is 0 Å². The molecule has 1 N–H and O–H groups in total. The van der Waals surface area contributed by atoms with Gasteiger partial charge in [0.25, 0.3) is 0 Å². The van der Waals surface area contributed by atoms with Crippen LogP contribution >= 0.6 is 0 Å². The average molecular weight is 389 g/mol. The zero-order chi connectivity index (χ0) is 21.7. The van der Waals surface area contributed by atoms with Crippen LogP contribution in [0.4, 0.5) is 0 Å². The van der Waals surface area contributed by atoms with Crippen LogP contribution in [-0.4, -0.2) is 10.9 Å². The fourth-order valence-corrected chi connectivity index (χ4v) is 2.79. The molecular formula is C27H32O2. The molecule has 0 unspecified atom stereocenters. The summed E-state index contributed by atoms with van der Waals surface area (Å²) < 4.78 is 0. The molecule has 2 rings (SSSR count). The third-order valence-corrected chi connectivity index (χ3v) is 4.73. The van der Waals surface area contributed by atoms with Gasteiger partial charge in [0.2, 0.25) is 0 Å². The summed E-state index contributed by atoms with van der Waals surface area (Å²) in [5.41, 5.74) is 4.64. The van der Waals surface area contributed by atoms with E-state index in [9.17, 15) is 9.90 Å². The minimum Gasteiger partial charge on any atom is -0.508 e. The highest BCUT2D eigenvalue weighted by Crippen LogP contribution is 2.23. The van der Waals surface area contributed by atoms with Crippen molar-refractivity contribution >= 4 is 17.9 Å². The molecule has 152 valence electrons. The van der Waals surface area contributed by atoms with Gasteiger partial charge in [0.1, 0.15) is 5.76 Å². The summed E-state index contributed by atoms with van der Waals surface area (Å²) in [6.45, 7) is 13.0. The molecule has 0 bridgehead atoms. The molecule has 2 nitrogen and oxygen atoms in total. The Morgan fingerprint density at radius 3 is 1.45 bits per heavy atom. The first-order valence-corrected chi connectivity index (χ1v) is 9.97. The molecule has 2 aromatic rings. The van der Waals surface area contributed by atoms with Gasteiger partial charge in [-0.3, -0.25) is 4.79 Å². The number of aliphatic hydroxyl groups is 1.